The van der Waals surface area contributed by atoms with Crippen LogP contribution in [-0.4, -0.2) is 53.4 Å². The molecule has 1 aromatic heterocycles. The van der Waals surface area contributed by atoms with E-state index in [1.807, 2.05) is 0 Å². The second-order valence-corrected chi connectivity index (χ2v) is 6.77. The second kappa shape index (κ2) is 10.1. The number of halogens is 2. The number of amides is 1. The number of aryl methyl sites for hydroxylation is 2. The molecule has 28 heavy (non-hydrogen) atoms. The van der Waals surface area contributed by atoms with Crippen molar-refractivity contribution in [3.63, 3.8) is 0 Å². The molecule has 7 nitrogen and oxygen atoms in total. The van der Waals surface area contributed by atoms with Crippen molar-refractivity contribution in [2.45, 2.75) is 6.92 Å². The van der Waals surface area contributed by atoms with Gasteiger partial charge in [-0.3, -0.25) is 9.48 Å². The zero-order valence-electron chi connectivity index (χ0n) is 15.8. The Morgan fingerprint density at radius 1 is 1.25 bits per heavy atom. The number of esters is 1. The van der Waals surface area contributed by atoms with Crippen LogP contribution >= 0.6 is 23.2 Å². The maximum atomic E-state index is 12.0. The molecule has 150 valence electrons. The lowest BCUT2D eigenvalue weighted by atomic mass is 10.2. The zero-order chi connectivity index (χ0) is 20.7. The number of carbonyl (C=O) groups excluding carboxylic acids is 2. The van der Waals surface area contributed by atoms with Crippen molar-refractivity contribution in [1.82, 2.24) is 14.7 Å². The fourth-order valence-corrected chi connectivity index (χ4v) is 2.60. The Kier molecular flexibility index (Phi) is 7.90. The molecule has 1 aromatic carbocycles. The first-order valence-electron chi connectivity index (χ1n) is 8.44. The minimum Gasteiger partial charge on any atom is -0.492 e. The van der Waals surface area contributed by atoms with Gasteiger partial charge in [-0.1, -0.05) is 23.2 Å². The number of aromatic nitrogens is 2. The molecule has 0 unspecified atom stereocenters. The Bertz CT molecular complexity index is 863. The van der Waals surface area contributed by atoms with Crippen molar-refractivity contribution in [3.8, 4) is 5.75 Å². The molecule has 2 rings (SSSR count). The molecule has 0 bridgehead atoms. The van der Waals surface area contributed by atoms with Crippen LogP contribution in [0.4, 0.5) is 0 Å². The lowest BCUT2D eigenvalue weighted by Crippen LogP contribution is -2.34. The van der Waals surface area contributed by atoms with Gasteiger partial charge in [-0.05, 0) is 37.3 Å². The van der Waals surface area contributed by atoms with Crippen molar-refractivity contribution in [2.75, 3.05) is 26.8 Å². The molecule has 0 aliphatic rings. The molecule has 0 aliphatic carbocycles. The van der Waals surface area contributed by atoms with Gasteiger partial charge in [0.15, 0.2) is 6.61 Å². The third-order valence-electron chi connectivity index (χ3n) is 3.85. The molecule has 0 radical (unpaired) electrons. The SMILES string of the molecule is Cc1nn(C)c(Cl)c1/C=C/C(=O)OCC(=O)N(C)CCOc1ccc(Cl)cc1. The van der Waals surface area contributed by atoms with Crippen LogP contribution < -0.4 is 4.74 Å². The van der Waals surface area contributed by atoms with Crippen LogP contribution in [-0.2, 0) is 21.4 Å². The number of nitrogens with zero attached hydrogens (tertiary/aromatic N) is 3. The lowest BCUT2D eigenvalue weighted by molar-refractivity contribution is -0.147. The maximum absolute atomic E-state index is 12.0. The van der Waals surface area contributed by atoms with Crippen molar-refractivity contribution in [1.29, 1.82) is 0 Å². The summed E-state index contributed by atoms with van der Waals surface area (Å²) in [5.74, 6) is -0.318. The van der Waals surface area contributed by atoms with Crippen LogP contribution in [0.2, 0.25) is 10.2 Å². The van der Waals surface area contributed by atoms with Crippen molar-refractivity contribution in [2.24, 2.45) is 7.05 Å². The fourth-order valence-electron chi connectivity index (χ4n) is 2.23. The third-order valence-corrected chi connectivity index (χ3v) is 4.56. The van der Waals surface area contributed by atoms with Gasteiger partial charge in [0, 0.05) is 30.8 Å². The predicted molar refractivity (Wildman–Crippen MR) is 108 cm³/mol. The Morgan fingerprint density at radius 2 is 1.93 bits per heavy atom. The molecule has 9 heteroatoms. The molecule has 0 saturated heterocycles. The average molecular weight is 426 g/mol. The van der Waals surface area contributed by atoms with Gasteiger partial charge >= 0.3 is 5.97 Å². The topological polar surface area (TPSA) is 73.7 Å². The number of hydrogen-bond acceptors (Lipinski definition) is 5. The van der Waals surface area contributed by atoms with Crippen molar-refractivity contribution < 1.29 is 19.1 Å². The first-order valence-corrected chi connectivity index (χ1v) is 9.19. The summed E-state index contributed by atoms with van der Waals surface area (Å²) in [7, 11) is 3.31. The van der Waals surface area contributed by atoms with Gasteiger partial charge in [-0.15, -0.1) is 0 Å². The van der Waals surface area contributed by atoms with Gasteiger partial charge in [0.25, 0.3) is 5.91 Å². The highest BCUT2D eigenvalue weighted by molar-refractivity contribution is 6.31. The van der Waals surface area contributed by atoms with Crippen LogP contribution in [0.15, 0.2) is 30.3 Å². The van der Waals surface area contributed by atoms with Gasteiger partial charge < -0.3 is 14.4 Å². The maximum Gasteiger partial charge on any atom is 0.331 e. The highest BCUT2D eigenvalue weighted by atomic mass is 35.5. The van der Waals surface area contributed by atoms with E-state index in [1.54, 1.807) is 45.3 Å². The largest absolute Gasteiger partial charge is 0.492 e. The summed E-state index contributed by atoms with van der Waals surface area (Å²) in [4.78, 5) is 25.3. The van der Waals surface area contributed by atoms with E-state index in [2.05, 4.69) is 5.10 Å². The Hall–Kier alpha value is -2.51. The van der Waals surface area contributed by atoms with Crippen molar-refractivity contribution >= 4 is 41.2 Å². The standard InChI is InChI=1S/C19H21Cl2N3O4/c1-13-16(19(21)24(3)22-13)8-9-18(26)28-12-17(25)23(2)10-11-27-15-6-4-14(20)5-7-15/h4-9H,10-12H2,1-3H3/b9-8+. The summed E-state index contributed by atoms with van der Waals surface area (Å²) >= 11 is 11.9. The summed E-state index contributed by atoms with van der Waals surface area (Å²) < 4.78 is 12.0. The molecule has 1 heterocycles. The van der Waals surface area contributed by atoms with Gasteiger partial charge in [-0.2, -0.15) is 5.10 Å². The van der Waals surface area contributed by atoms with Crippen LogP contribution in [0, 0.1) is 6.92 Å². The third kappa shape index (κ3) is 6.28. The molecular formula is C19H21Cl2N3O4. The van der Waals surface area contributed by atoms with E-state index in [1.165, 1.54) is 21.7 Å². The summed E-state index contributed by atoms with van der Waals surface area (Å²) in [6.07, 6.45) is 2.73. The van der Waals surface area contributed by atoms with Crippen molar-refractivity contribution in [3.05, 3.63) is 51.8 Å². The second-order valence-electron chi connectivity index (χ2n) is 5.97. The Balaban J connectivity index is 1.73. The molecule has 1 amide bonds. The Labute approximate surface area is 173 Å². The smallest absolute Gasteiger partial charge is 0.331 e. The summed E-state index contributed by atoms with van der Waals surface area (Å²) in [5, 5.41) is 5.18. The number of hydrogen-bond donors (Lipinski definition) is 0. The molecule has 0 aliphatic heterocycles. The zero-order valence-corrected chi connectivity index (χ0v) is 17.3. The van der Waals surface area contributed by atoms with Crippen LogP contribution in [0.3, 0.4) is 0 Å². The highest BCUT2D eigenvalue weighted by Gasteiger charge is 2.12. The number of rotatable bonds is 8. The predicted octanol–water partition coefficient (Wildman–Crippen LogP) is 3.13. The van der Waals surface area contributed by atoms with E-state index in [0.29, 0.717) is 40.3 Å². The van der Waals surface area contributed by atoms with E-state index in [9.17, 15) is 9.59 Å². The number of ether oxygens (including phenoxy) is 2. The van der Waals surface area contributed by atoms with E-state index in [4.69, 9.17) is 32.7 Å². The first kappa shape index (κ1) is 21.8. The molecular weight excluding hydrogens is 405 g/mol. The Morgan fingerprint density at radius 3 is 2.54 bits per heavy atom. The summed E-state index contributed by atoms with van der Waals surface area (Å²) in [6.45, 7) is 2.07. The minimum absolute atomic E-state index is 0.302. The number of carbonyl (C=O) groups is 2. The molecule has 0 N–H and O–H groups in total. The fraction of sp³-hybridized carbons (Fsp3) is 0.316. The summed E-state index contributed by atoms with van der Waals surface area (Å²) in [5.41, 5.74) is 1.32. The molecule has 0 atom stereocenters. The summed E-state index contributed by atoms with van der Waals surface area (Å²) in [6, 6.07) is 6.93. The lowest BCUT2D eigenvalue weighted by Gasteiger charge is -2.17. The van der Waals surface area contributed by atoms with E-state index in [0.717, 1.165) is 0 Å². The highest BCUT2D eigenvalue weighted by Crippen LogP contribution is 2.20. The van der Waals surface area contributed by atoms with Crippen LogP contribution in [0.25, 0.3) is 6.08 Å². The first-order chi connectivity index (χ1) is 13.3. The van der Waals surface area contributed by atoms with Gasteiger partial charge in [0.1, 0.15) is 17.5 Å². The molecule has 0 spiro atoms. The normalized spacial score (nSPS) is 10.9. The monoisotopic (exact) mass is 425 g/mol. The molecule has 2 aromatic rings. The quantitative estimate of drug-likeness (QED) is 0.479. The van der Waals surface area contributed by atoms with E-state index < -0.39 is 5.97 Å². The molecule has 0 fully saturated rings. The number of likely N-dealkylation sites (N-methyl/N-ethyl adjacent to an activating group) is 1. The number of benzene rings is 1. The van der Waals surface area contributed by atoms with E-state index in [-0.39, 0.29) is 12.5 Å². The average Bonchev–Trinajstić information content (AvgIpc) is 2.91. The molecule has 0 saturated carbocycles. The minimum atomic E-state index is -0.640. The van der Waals surface area contributed by atoms with Gasteiger partial charge in [0.2, 0.25) is 0 Å². The van der Waals surface area contributed by atoms with Gasteiger partial charge in [0.05, 0.1) is 12.2 Å². The van der Waals surface area contributed by atoms with E-state index >= 15 is 0 Å². The van der Waals surface area contributed by atoms with Crippen LogP contribution in [0.1, 0.15) is 11.3 Å². The van der Waals surface area contributed by atoms with Crippen LogP contribution in [0.5, 0.6) is 5.75 Å². The van der Waals surface area contributed by atoms with Gasteiger partial charge in [-0.25, -0.2) is 4.79 Å².